The molecule has 13 heteroatoms. The second-order valence-corrected chi connectivity index (χ2v) is 9.16. The number of amides is 2. The molecular formula is C24H35N5O8. The van der Waals surface area contributed by atoms with E-state index in [1.54, 1.807) is 25.7 Å². The van der Waals surface area contributed by atoms with Crippen LogP contribution < -0.4 is 21.5 Å². The molecule has 1 heterocycles. The quantitative estimate of drug-likeness (QED) is 0.129. The van der Waals surface area contributed by atoms with Crippen molar-refractivity contribution in [2.45, 2.75) is 45.3 Å². The maximum Gasteiger partial charge on any atom is 0.408 e. The first-order valence-corrected chi connectivity index (χ1v) is 11.8. The van der Waals surface area contributed by atoms with Crippen LogP contribution in [0.15, 0.2) is 29.3 Å². The fraction of sp³-hybridized carbons (Fsp3) is 0.542. The molecule has 0 saturated carbocycles. The molecule has 13 nitrogen and oxygen atoms in total. The Balaban J connectivity index is 1.93. The monoisotopic (exact) mass is 521 g/mol. The first kappa shape index (κ1) is 29.4. The molecule has 2 amide bonds. The van der Waals surface area contributed by atoms with Gasteiger partial charge in [-0.3, -0.25) is 9.79 Å². The fourth-order valence-electron chi connectivity index (χ4n) is 3.16. The SMILES string of the molecule is CC(C)(C)OC(=O)N[C@@H](CCCN=C(N)N)C(=O)Oc1ccc(C(=O)OCC(=O)N2CCOCC2)cc1. The van der Waals surface area contributed by atoms with Crippen molar-refractivity contribution >= 4 is 29.9 Å². The van der Waals surface area contributed by atoms with Gasteiger partial charge in [-0.1, -0.05) is 0 Å². The third kappa shape index (κ3) is 11.2. The van der Waals surface area contributed by atoms with Gasteiger partial charge in [-0.2, -0.15) is 0 Å². The van der Waals surface area contributed by atoms with Crippen molar-refractivity contribution in [1.29, 1.82) is 0 Å². The molecule has 1 aliphatic rings. The molecule has 1 saturated heterocycles. The minimum atomic E-state index is -1.03. The van der Waals surface area contributed by atoms with Crippen LogP contribution in [0, 0.1) is 0 Å². The number of hydrogen-bond acceptors (Lipinski definition) is 9. The lowest BCUT2D eigenvalue weighted by Gasteiger charge is -2.26. The highest BCUT2D eigenvalue weighted by molar-refractivity contribution is 5.91. The van der Waals surface area contributed by atoms with Crippen molar-refractivity contribution < 1.29 is 38.1 Å². The average Bonchev–Trinajstić information content (AvgIpc) is 2.83. The molecular weight excluding hydrogens is 486 g/mol. The zero-order valence-corrected chi connectivity index (χ0v) is 21.4. The molecule has 5 N–H and O–H groups in total. The van der Waals surface area contributed by atoms with E-state index in [1.807, 2.05) is 0 Å². The summed E-state index contributed by atoms with van der Waals surface area (Å²) >= 11 is 0. The first-order valence-electron chi connectivity index (χ1n) is 11.8. The third-order valence-electron chi connectivity index (χ3n) is 4.92. The summed E-state index contributed by atoms with van der Waals surface area (Å²) in [4.78, 5) is 54.8. The molecule has 1 fully saturated rings. The van der Waals surface area contributed by atoms with Gasteiger partial charge in [0.1, 0.15) is 17.4 Å². The second kappa shape index (κ2) is 14.0. The van der Waals surface area contributed by atoms with E-state index in [-0.39, 0.29) is 42.8 Å². The fourth-order valence-corrected chi connectivity index (χ4v) is 3.16. The van der Waals surface area contributed by atoms with E-state index in [0.717, 1.165) is 0 Å². The van der Waals surface area contributed by atoms with Crippen molar-refractivity contribution in [3.05, 3.63) is 29.8 Å². The Hall–Kier alpha value is -3.87. The molecule has 0 unspecified atom stereocenters. The Morgan fingerprint density at radius 1 is 1.11 bits per heavy atom. The Bertz CT molecular complexity index is 964. The molecule has 1 aromatic rings. The van der Waals surface area contributed by atoms with Crippen LogP contribution in [0.3, 0.4) is 0 Å². The van der Waals surface area contributed by atoms with Crippen LogP contribution in [0.25, 0.3) is 0 Å². The van der Waals surface area contributed by atoms with Crippen molar-refractivity contribution in [2.24, 2.45) is 16.5 Å². The molecule has 1 aliphatic heterocycles. The predicted molar refractivity (Wildman–Crippen MR) is 133 cm³/mol. The van der Waals surface area contributed by atoms with Crippen LogP contribution in [-0.4, -0.2) is 85.9 Å². The van der Waals surface area contributed by atoms with Crippen molar-refractivity contribution in [3.8, 4) is 5.75 Å². The van der Waals surface area contributed by atoms with Gasteiger partial charge in [-0.05, 0) is 57.9 Å². The number of carbonyl (C=O) groups excluding carboxylic acids is 4. The van der Waals surface area contributed by atoms with Gasteiger partial charge in [0.2, 0.25) is 0 Å². The number of alkyl carbamates (subject to hydrolysis) is 1. The average molecular weight is 522 g/mol. The minimum absolute atomic E-state index is 0.0803. The standard InChI is InChI=1S/C24H35N5O8/c1-24(2,3)37-23(33)28-18(5-4-10-27-22(25)26)21(32)36-17-8-6-16(7-9-17)20(31)35-15-19(30)29-11-13-34-14-12-29/h6-9,18H,4-5,10-15H2,1-3H3,(H,28,33)(H4,25,26,27)/t18-/m0/s1. The highest BCUT2D eigenvalue weighted by Crippen LogP contribution is 2.15. The molecule has 0 aliphatic carbocycles. The van der Waals surface area contributed by atoms with E-state index in [1.165, 1.54) is 24.3 Å². The topological polar surface area (TPSA) is 185 Å². The van der Waals surface area contributed by atoms with Gasteiger partial charge in [0.15, 0.2) is 12.6 Å². The second-order valence-electron chi connectivity index (χ2n) is 9.16. The van der Waals surface area contributed by atoms with Crippen molar-refractivity contribution in [1.82, 2.24) is 10.2 Å². The number of nitrogens with one attached hydrogen (secondary N) is 1. The van der Waals surface area contributed by atoms with Gasteiger partial charge in [0, 0.05) is 19.6 Å². The zero-order chi connectivity index (χ0) is 27.4. The third-order valence-corrected chi connectivity index (χ3v) is 4.92. The molecule has 0 bridgehead atoms. The Kier molecular flexibility index (Phi) is 11.1. The lowest BCUT2D eigenvalue weighted by Crippen LogP contribution is -2.45. The van der Waals surface area contributed by atoms with Gasteiger partial charge in [0.05, 0.1) is 18.8 Å². The maximum absolute atomic E-state index is 12.8. The smallest absolute Gasteiger partial charge is 0.408 e. The summed E-state index contributed by atoms with van der Waals surface area (Å²) in [5.74, 6) is -1.66. The largest absolute Gasteiger partial charge is 0.452 e. The van der Waals surface area contributed by atoms with Crippen LogP contribution in [-0.2, 0) is 23.8 Å². The Labute approximate surface area is 215 Å². The van der Waals surface area contributed by atoms with E-state index in [4.69, 9.17) is 30.4 Å². The van der Waals surface area contributed by atoms with E-state index in [9.17, 15) is 19.2 Å². The number of carbonyl (C=O) groups is 4. The van der Waals surface area contributed by atoms with Gasteiger partial charge in [-0.15, -0.1) is 0 Å². The minimum Gasteiger partial charge on any atom is -0.452 e. The van der Waals surface area contributed by atoms with Crippen LogP contribution in [0.5, 0.6) is 5.75 Å². The molecule has 0 aromatic heterocycles. The van der Waals surface area contributed by atoms with Crippen molar-refractivity contribution in [3.63, 3.8) is 0 Å². The van der Waals surface area contributed by atoms with Gasteiger partial charge in [-0.25, -0.2) is 14.4 Å². The summed E-state index contributed by atoms with van der Waals surface area (Å²) in [6.07, 6.45) is -0.196. The summed E-state index contributed by atoms with van der Waals surface area (Å²) in [6, 6.07) is 4.59. The Morgan fingerprint density at radius 3 is 2.35 bits per heavy atom. The number of nitrogens with zero attached hydrogens (tertiary/aromatic N) is 2. The van der Waals surface area contributed by atoms with Gasteiger partial charge >= 0.3 is 18.0 Å². The summed E-state index contributed by atoms with van der Waals surface area (Å²) < 4.78 is 20.9. The van der Waals surface area contributed by atoms with Crippen molar-refractivity contribution in [2.75, 3.05) is 39.5 Å². The van der Waals surface area contributed by atoms with Crippen LogP contribution in [0.1, 0.15) is 44.0 Å². The number of ether oxygens (including phenoxy) is 4. The van der Waals surface area contributed by atoms with Crippen LogP contribution in [0.2, 0.25) is 0 Å². The molecule has 37 heavy (non-hydrogen) atoms. The summed E-state index contributed by atoms with van der Waals surface area (Å²) in [6.45, 7) is 6.77. The maximum atomic E-state index is 12.8. The number of guanidine groups is 1. The van der Waals surface area contributed by atoms with E-state index in [2.05, 4.69) is 10.3 Å². The molecule has 1 aromatic carbocycles. The van der Waals surface area contributed by atoms with Crippen LogP contribution >= 0.6 is 0 Å². The molecule has 2 rings (SSSR count). The number of rotatable bonds is 10. The first-order chi connectivity index (χ1) is 17.4. The highest BCUT2D eigenvalue weighted by atomic mass is 16.6. The highest BCUT2D eigenvalue weighted by Gasteiger charge is 2.26. The summed E-state index contributed by atoms with van der Waals surface area (Å²) in [5, 5.41) is 2.50. The summed E-state index contributed by atoms with van der Waals surface area (Å²) in [5.41, 5.74) is 10.0. The van der Waals surface area contributed by atoms with E-state index < -0.39 is 29.7 Å². The number of hydrogen-bond donors (Lipinski definition) is 3. The zero-order valence-electron chi connectivity index (χ0n) is 21.4. The van der Waals surface area contributed by atoms with E-state index >= 15 is 0 Å². The summed E-state index contributed by atoms with van der Waals surface area (Å²) in [7, 11) is 0. The number of morpholine rings is 1. The normalized spacial score (nSPS) is 14.2. The lowest BCUT2D eigenvalue weighted by molar-refractivity contribution is -0.138. The lowest BCUT2D eigenvalue weighted by atomic mass is 10.1. The van der Waals surface area contributed by atoms with Gasteiger partial charge < -0.3 is 40.6 Å². The molecule has 0 spiro atoms. The molecule has 1 atom stereocenters. The molecule has 0 radical (unpaired) electrons. The number of aliphatic imine (C=N–C) groups is 1. The Morgan fingerprint density at radius 2 is 1.76 bits per heavy atom. The predicted octanol–water partition coefficient (Wildman–Crippen LogP) is 0.555. The molecule has 204 valence electrons. The number of esters is 2. The van der Waals surface area contributed by atoms with Gasteiger partial charge in [0.25, 0.3) is 5.91 Å². The van der Waals surface area contributed by atoms with E-state index in [0.29, 0.717) is 32.7 Å². The number of benzene rings is 1. The number of nitrogens with two attached hydrogens (primary N) is 2. The van der Waals surface area contributed by atoms with Crippen LogP contribution in [0.4, 0.5) is 4.79 Å².